The molecule has 0 atom stereocenters. The lowest BCUT2D eigenvalue weighted by Gasteiger charge is -2.22. The van der Waals surface area contributed by atoms with Crippen molar-refractivity contribution in [1.82, 2.24) is 0 Å². The van der Waals surface area contributed by atoms with Gasteiger partial charge in [0.2, 0.25) is 5.91 Å². The van der Waals surface area contributed by atoms with Crippen molar-refractivity contribution in [3.05, 3.63) is 18.2 Å². The maximum absolute atomic E-state index is 12.1. The number of ether oxygens (including phenoxy) is 2. The Morgan fingerprint density at radius 3 is 2.44 bits per heavy atom. The second kappa shape index (κ2) is 5.76. The zero-order valence-corrected chi connectivity index (χ0v) is 11.7. The van der Waals surface area contributed by atoms with Crippen LogP contribution in [0.2, 0.25) is 0 Å². The first kappa shape index (κ1) is 14.4. The minimum absolute atomic E-state index is 0.0199. The molecule has 1 aromatic carbocycles. The predicted octanol–water partition coefficient (Wildman–Crippen LogP) is 3.08. The first-order valence-electron chi connectivity index (χ1n) is 5.98. The van der Waals surface area contributed by atoms with Crippen molar-refractivity contribution < 1.29 is 14.3 Å². The molecule has 4 heteroatoms. The van der Waals surface area contributed by atoms with Gasteiger partial charge in [-0.25, -0.2) is 0 Å². The van der Waals surface area contributed by atoms with Crippen LogP contribution in [0.4, 0.5) is 5.69 Å². The van der Waals surface area contributed by atoms with Crippen LogP contribution < -0.4 is 14.8 Å². The molecule has 0 fully saturated rings. The summed E-state index contributed by atoms with van der Waals surface area (Å²) in [7, 11) is 3.16. The highest BCUT2D eigenvalue weighted by Crippen LogP contribution is 2.31. The molecule has 0 aliphatic heterocycles. The molecule has 100 valence electrons. The summed E-state index contributed by atoms with van der Waals surface area (Å²) < 4.78 is 10.4. The van der Waals surface area contributed by atoms with Gasteiger partial charge in [-0.05, 0) is 18.6 Å². The van der Waals surface area contributed by atoms with Crippen LogP contribution in [0, 0.1) is 5.41 Å². The maximum Gasteiger partial charge on any atom is 0.230 e. The van der Waals surface area contributed by atoms with E-state index in [4.69, 9.17) is 9.47 Å². The quantitative estimate of drug-likeness (QED) is 0.874. The highest BCUT2D eigenvalue weighted by atomic mass is 16.5. The summed E-state index contributed by atoms with van der Waals surface area (Å²) in [6.07, 6.45) is 0.775. The van der Waals surface area contributed by atoms with Gasteiger partial charge in [0.1, 0.15) is 11.5 Å². The number of nitrogens with one attached hydrogen (secondary N) is 1. The van der Waals surface area contributed by atoms with Crippen LogP contribution in [0.5, 0.6) is 11.5 Å². The molecule has 4 nitrogen and oxygen atoms in total. The standard InChI is InChI=1S/C14H21NO3/c1-6-14(2,3)13(16)15-11-8-7-10(17-4)9-12(11)18-5/h7-9H,6H2,1-5H3,(H,15,16). The van der Waals surface area contributed by atoms with E-state index in [0.717, 1.165) is 6.42 Å². The molecule has 1 N–H and O–H groups in total. The molecule has 1 amide bonds. The largest absolute Gasteiger partial charge is 0.497 e. The van der Waals surface area contributed by atoms with E-state index in [1.54, 1.807) is 32.4 Å². The summed E-state index contributed by atoms with van der Waals surface area (Å²) in [5.74, 6) is 1.27. The van der Waals surface area contributed by atoms with Gasteiger partial charge in [-0.1, -0.05) is 20.8 Å². The minimum Gasteiger partial charge on any atom is -0.497 e. The number of methoxy groups -OCH3 is 2. The van der Waals surface area contributed by atoms with Gasteiger partial charge in [-0.15, -0.1) is 0 Å². The van der Waals surface area contributed by atoms with E-state index in [1.807, 2.05) is 20.8 Å². The van der Waals surface area contributed by atoms with Gasteiger partial charge >= 0.3 is 0 Å². The smallest absolute Gasteiger partial charge is 0.230 e. The summed E-state index contributed by atoms with van der Waals surface area (Å²) in [5, 5.41) is 2.88. The highest BCUT2D eigenvalue weighted by Gasteiger charge is 2.26. The average molecular weight is 251 g/mol. The molecule has 0 unspecified atom stereocenters. The van der Waals surface area contributed by atoms with Gasteiger partial charge in [0.25, 0.3) is 0 Å². The number of amides is 1. The first-order chi connectivity index (χ1) is 8.44. The average Bonchev–Trinajstić information content (AvgIpc) is 2.38. The Balaban J connectivity index is 2.94. The lowest BCUT2D eigenvalue weighted by molar-refractivity contribution is -0.124. The number of hydrogen-bond acceptors (Lipinski definition) is 3. The van der Waals surface area contributed by atoms with E-state index in [2.05, 4.69) is 5.32 Å². The van der Waals surface area contributed by atoms with Gasteiger partial charge in [-0.3, -0.25) is 4.79 Å². The normalized spacial score (nSPS) is 10.9. The third-order valence-corrected chi connectivity index (χ3v) is 3.16. The Labute approximate surface area is 108 Å². The van der Waals surface area contributed by atoms with Gasteiger partial charge in [-0.2, -0.15) is 0 Å². The highest BCUT2D eigenvalue weighted by molar-refractivity contribution is 5.96. The van der Waals surface area contributed by atoms with E-state index in [1.165, 1.54) is 0 Å². The maximum atomic E-state index is 12.1. The zero-order valence-electron chi connectivity index (χ0n) is 11.7. The Hall–Kier alpha value is -1.71. The molecule has 1 aromatic rings. The fraction of sp³-hybridized carbons (Fsp3) is 0.500. The number of carbonyl (C=O) groups excluding carboxylic acids is 1. The van der Waals surface area contributed by atoms with Gasteiger partial charge in [0, 0.05) is 11.5 Å². The van der Waals surface area contributed by atoms with Crippen molar-refractivity contribution >= 4 is 11.6 Å². The van der Waals surface area contributed by atoms with Crippen LogP contribution in [0.1, 0.15) is 27.2 Å². The minimum atomic E-state index is -0.398. The number of benzene rings is 1. The van der Waals surface area contributed by atoms with Crippen LogP contribution in [-0.2, 0) is 4.79 Å². The molecule has 0 bridgehead atoms. The van der Waals surface area contributed by atoms with E-state index in [-0.39, 0.29) is 5.91 Å². The van der Waals surface area contributed by atoms with Crippen molar-refractivity contribution in [3.8, 4) is 11.5 Å². The lowest BCUT2D eigenvalue weighted by Crippen LogP contribution is -2.30. The second-order valence-corrected chi connectivity index (χ2v) is 4.76. The molecule has 18 heavy (non-hydrogen) atoms. The van der Waals surface area contributed by atoms with E-state index in [0.29, 0.717) is 17.2 Å². The molecule has 0 saturated heterocycles. The number of hydrogen-bond donors (Lipinski definition) is 1. The molecular formula is C14H21NO3. The van der Waals surface area contributed by atoms with Crippen molar-refractivity contribution in [2.24, 2.45) is 5.41 Å². The van der Waals surface area contributed by atoms with E-state index >= 15 is 0 Å². The Morgan fingerprint density at radius 2 is 1.94 bits per heavy atom. The van der Waals surface area contributed by atoms with Crippen molar-refractivity contribution in [2.75, 3.05) is 19.5 Å². The van der Waals surface area contributed by atoms with Gasteiger partial charge < -0.3 is 14.8 Å². The van der Waals surface area contributed by atoms with Gasteiger partial charge in [0.15, 0.2) is 0 Å². The van der Waals surface area contributed by atoms with Crippen LogP contribution in [0.15, 0.2) is 18.2 Å². The zero-order chi connectivity index (χ0) is 13.8. The summed E-state index contributed by atoms with van der Waals surface area (Å²) in [4.78, 5) is 12.1. The molecule has 0 radical (unpaired) electrons. The summed E-state index contributed by atoms with van der Waals surface area (Å²) in [6, 6.07) is 5.31. The SMILES string of the molecule is CCC(C)(C)C(=O)Nc1ccc(OC)cc1OC. The van der Waals surface area contributed by atoms with Crippen LogP contribution in [0.3, 0.4) is 0 Å². The first-order valence-corrected chi connectivity index (χ1v) is 5.98. The molecule has 0 saturated carbocycles. The third kappa shape index (κ3) is 3.15. The van der Waals surface area contributed by atoms with Crippen LogP contribution >= 0.6 is 0 Å². The summed E-state index contributed by atoms with van der Waals surface area (Å²) in [5.41, 5.74) is 0.259. The molecule has 0 heterocycles. The fourth-order valence-corrected chi connectivity index (χ4v) is 1.35. The lowest BCUT2D eigenvalue weighted by atomic mass is 9.89. The predicted molar refractivity (Wildman–Crippen MR) is 72.2 cm³/mol. The van der Waals surface area contributed by atoms with Crippen LogP contribution in [-0.4, -0.2) is 20.1 Å². The Morgan fingerprint density at radius 1 is 1.28 bits per heavy atom. The molecule has 0 aliphatic carbocycles. The van der Waals surface area contributed by atoms with E-state index < -0.39 is 5.41 Å². The number of carbonyl (C=O) groups is 1. The van der Waals surface area contributed by atoms with Crippen molar-refractivity contribution in [3.63, 3.8) is 0 Å². The molecule has 0 spiro atoms. The summed E-state index contributed by atoms with van der Waals surface area (Å²) >= 11 is 0. The van der Waals surface area contributed by atoms with Crippen molar-refractivity contribution in [1.29, 1.82) is 0 Å². The third-order valence-electron chi connectivity index (χ3n) is 3.16. The van der Waals surface area contributed by atoms with E-state index in [9.17, 15) is 4.79 Å². The second-order valence-electron chi connectivity index (χ2n) is 4.76. The number of rotatable bonds is 5. The summed E-state index contributed by atoms with van der Waals surface area (Å²) in [6.45, 7) is 5.82. The molecule has 1 rings (SSSR count). The van der Waals surface area contributed by atoms with Crippen LogP contribution in [0.25, 0.3) is 0 Å². The Bertz CT molecular complexity index is 427. The Kier molecular flexibility index (Phi) is 4.59. The molecule has 0 aliphatic rings. The molecule has 0 aromatic heterocycles. The monoisotopic (exact) mass is 251 g/mol. The molecular weight excluding hydrogens is 230 g/mol. The number of anilines is 1. The van der Waals surface area contributed by atoms with Gasteiger partial charge in [0.05, 0.1) is 19.9 Å². The fourth-order valence-electron chi connectivity index (χ4n) is 1.35. The van der Waals surface area contributed by atoms with Crippen molar-refractivity contribution in [2.45, 2.75) is 27.2 Å². The topological polar surface area (TPSA) is 47.6 Å².